The van der Waals surface area contributed by atoms with Gasteiger partial charge in [-0.3, -0.25) is 4.79 Å². The minimum absolute atomic E-state index is 0.0439. The predicted molar refractivity (Wildman–Crippen MR) is 126 cm³/mol. The van der Waals surface area contributed by atoms with Crippen LogP contribution in [0.3, 0.4) is 0 Å². The Morgan fingerprint density at radius 3 is 2.84 bits per heavy atom. The summed E-state index contributed by atoms with van der Waals surface area (Å²) in [5, 5.41) is 6.84. The lowest BCUT2D eigenvalue weighted by atomic mass is 10.0. The van der Waals surface area contributed by atoms with E-state index in [1.165, 1.54) is 0 Å². The fourth-order valence-corrected chi connectivity index (χ4v) is 4.78. The molecule has 174 valence electrons. The molecule has 0 aromatic carbocycles. The molecular weight excluding hydrogens is 478 g/mol. The van der Waals surface area contributed by atoms with Crippen molar-refractivity contribution >= 4 is 50.3 Å². The Labute approximate surface area is 195 Å². The topological polar surface area (TPSA) is 109 Å². The third-order valence-electron chi connectivity index (χ3n) is 5.57. The maximum atomic E-state index is 12.7. The van der Waals surface area contributed by atoms with Crippen LogP contribution in [0.15, 0.2) is 16.9 Å². The molecule has 2 atom stereocenters. The Kier molecular flexibility index (Phi) is 6.62. The number of aromatic nitrogens is 2. The molecule has 0 spiro atoms. The molecule has 0 bridgehead atoms. The quantitative estimate of drug-likeness (QED) is 0.578. The highest BCUT2D eigenvalue weighted by Gasteiger charge is 2.29. The van der Waals surface area contributed by atoms with Crippen molar-refractivity contribution in [1.29, 1.82) is 0 Å². The third-order valence-corrected chi connectivity index (χ3v) is 6.15. The standard InChI is InChI=1S/C22H30BrN5O4/c1-22(2,3)32-21(30)26-13-6-4-8-28(12-13)18-14(23)10-24-19-17(18)15(11-25-19)27-20(29)16-7-5-9-31-16/h10-11,13,16H,4-9,12H2,1-3H3,(H,24,25)(H,26,30)(H,27,29)/t13-,16?/m1/s1. The molecule has 0 saturated carbocycles. The van der Waals surface area contributed by atoms with Crippen molar-refractivity contribution in [2.45, 2.75) is 64.2 Å². The number of nitrogens with one attached hydrogen (secondary N) is 3. The van der Waals surface area contributed by atoms with Crippen molar-refractivity contribution in [2.24, 2.45) is 0 Å². The SMILES string of the molecule is CC(C)(C)OC(=O)N[C@@H]1CCCN(c2c(Br)cnc3[nH]cc(NC(=O)C4CCCO4)c23)C1. The fraction of sp³-hybridized carbons (Fsp3) is 0.591. The van der Waals surface area contributed by atoms with Crippen molar-refractivity contribution in [2.75, 3.05) is 29.9 Å². The van der Waals surface area contributed by atoms with E-state index in [-0.39, 0.29) is 11.9 Å². The Morgan fingerprint density at radius 2 is 2.12 bits per heavy atom. The van der Waals surface area contributed by atoms with Crippen LogP contribution in [0.2, 0.25) is 0 Å². The van der Waals surface area contributed by atoms with Gasteiger partial charge in [-0.2, -0.15) is 0 Å². The van der Waals surface area contributed by atoms with E-state index in [1.807, 2.05) is 20.8 Å². The number of hydrogen-bond acceptors (Lipinski definition) is 6. The zero-order valence-electron chi connectivity index (χ0n) is 18.7. The average Bonchev–Trinajstić information content (AvgIpc) is 3.37. The molecule has 3 N–H and O–H groups in total. The van der Waals surface area contributed by atoms with Crippen LogP contribution in [-0.4, -0.2) is 59.4 Å². The first-order chi connectivity index (χ1) is 15.2. The summed E-state index contributed by atoms with van der Waals surface area (Å²) < 4.78 is 11.8. The van der Waals surface area contributed by atoms with Gasteiger partial charge in [-0.05, 0) is 62.4 Å². The number of amides is 2. The molecule has 2 amide bonds. The van der Waals surface area contributed by atoms with Gasteiger partial charge in [-0.15, -0.1) is 0 Å². The molecule has 2 saturated heterocycles. The summed E-state index contributed by atoms with van der Waals surface area (Å²) in [5.74, 6) is -0.141. The number of fused-ring (bicyclic) bond motifs is 1. The maximum absolute atomic E-state index is 12.7. The van der Waals surface area contributed by atoms with E-state index in [9.17, 15) is 9.59 Å². The van der Waals surface area contributed by atoms with E-state index >= 15 is 0 Å². The number of anilines is 2. The molecule has 32 heavy (non-hydrogen) atoms. The van der Waals surface area contributed by atoms with Crippen LogP contribution in [0, 0.1) is 0 Å². The monoisotopic (exact) mass is 507 g/mol. The summed E-state index contributed by atoms with van der Waals surface area (Å²) in [6, 6.07) is -0.0439. The van der Waals surface area contributed by atoms with Crippen LogP contribution < -0.4 is 15.5 Å². The Balaban J connectivity index is 1.56. The summed E-state index contributed by atoms with van der Waals surface area (Å²) in [4.78, 5) is 34.8. The number of pyridine rings is 1. The largest absolute Gasteiger partial charge is 0.444 e. The molecule has 2 fully saturated rings. The van der Waals surface area contributed by atoms with E-state index in [0.29, 0.717) is 24.5 Å². The molecule has 2 aromatic rings. The number of hydrogen-bond donors (Lipinski definition) is 3. The van der Waals surface area contributed by atoms with Gasteiger partial charge in [0.25, 0.3) is 5.91 Å². The van der Waals surface area contributed by atoms with E-state index in [2.05, 4.69) is 41.4 Å². The first kappa shape index (κ1) is 22.8. The second kappa shape index (κ2) is 9.27. The molecule has 0 radical (unpaired) electrons. The highest BCUT2D eigenvalue weighted by atomic mass is 79.9. The highest BCUT2D eigenvalue weighted by Crippen LogP contribution is 2.39. The van der Waals surface area contributed by atoms with Gasteiger partial charge < -0.3 is 30.0 Å². The number of alkyl carbamates (subject to hydrolysis) is 1. The summed E-state index contributed by atoms with van der Waals surface area (Å²) >= 11 is 3.65. The van der Waals surface area contributed by atoms with Gasteiger partial charge in [0, 0.05) is 38.1 Å². The lowest BCUT2D eigenvalue weighted by molar-refractivity contribution is -0.124. The third kappa shape index (κ3) is 5.17. The minimum Gasteiger partial charge on any atom is -0.444 e. The van der Waals surface area contributed by atoms with Gasteiger partial charge in [0.15, 0.2) is 0 Å². The first-order valence-electron chi connectivity index (χ1n) is 11.0. The molecule has 10 heteroatoms. The second-order valence-corrected chi connectivity index (χ2v) is 10.2. The number of piperidine rings is 1. The molecular formula is C22H30BrN5O4. The fourth-order valence-electron chi connectivity index (χ4n) is 4.23. The summed E-state index contributed by atoms with van der Waals surface area (Å²) in [6.45, 7) is 7.62. The number of rotatable bonds is 4. The van der Waals surface area contributed by atoms with Gasteiger partial charge in [-0.1, -0.05) is 0 Å². The van der Waals surface area contributed by atoms with E-state index in [1.54, 1.807) is 12.4 Å². The molecule has 2 aliphatic heterocycles. The lowest BCUT2D eigenvalue weighted by Gasteiger charge is -2.36. The molecule has 2 aliphatic rings. The van der Waals surface area contributed by atoms with Gasteiger partial charge >= 0.3 is 6.09 Å². The molecule has 4 rings (SSSR count). The van der Waals surface area contributed by atoms with E-state index in [4.69, 9.17) is 9.47 Å². The van der Waals surface area contributed by atoms with Gasteiger partial charge in [0.1, 0.15) is 17.4 Å². The number of nitrogens with zero attached hydrogens (tertiary/aromatic N) is 2. The summed E-state index contributed by atoms with van der Waals surface area (Å²) in [7, 11) is 0. The van der Waals surface area contributed by atoms with Gasteiger partial charge in [0.05, 0.1) is 21.2 Å². The van der Waals surface area contributed by atoms with Crippen LogP contribution >= 0.6 is 15.9 Å². The second-order valence-electron chi connectivity index (χ2n) is 9.30. The number of halogens is 1. The molecule has 1 unspecified atom stereocenters. The van der Waals surface area contributed by atoms with Crippen molar-refractivity contribution < 1.29 is 19.1 Å². The molecule has 9 nitrogen and oxygen atoms in total. The van der Waals surface area contributed by atoms with E-state index < -0.39 is 17.8 Å². The number of ether oxygens (including phenoxy) is 2. The number of H-pyrrole nitrogens is 1. The number of aromatic amines is 1. The van der Waals surface area contributed by atoms with Crippen LogP contribution in [0.4, 0.5) is 16.2 Å². The van der Waals surface area contributed by atoms with E-state index in [0.717, 1.165) is 47.8 Å². The zero-order valence-corrected chi connectivity index (χ0v) is 20.3. The van der Waals surface area contributed by atoms with Crippen molar-refractivity contribution in [3.63, 3.8) is 0 Å². The van der Waals surface area contributed by atoms with Crippen LogP contribution in [-0.2, 0) is 14.3 Å². The lowest BCUT2D eigenvalue weighted by Crippen LogP contribution is -2.49. The number of carbonyl (C=O) groups excluding carboxylic acids is 2. The van der Waals surface area contributed by atoms with Crippen molar-refractivity contribution in [3.8, 4) is 0 Å². The molecule has 2 aromatic heterocycles. The van der Waals surface area contributed by atoms with Crippen LogP contribution in [0.25, 0.3) is 11.0 Å². The first-order valence-corrected chi connectivity index (χ1v) is 11.8. The maximum Gasteiger partial charge on any atom is 0.407 e. The Morgan fingerprint density at radius 1 is 1.31 bits per heavy atom. The molecule has 4 heterocycles. The van der Waals surface area contributed by atoms with Gasteiger partial charge in [-0.25, -0.2) is 9.78 Å². The highest BCUT2D eigenvalue weighted by molar-refractivity contribution is 9.10. The summed E-state index contributed by atoms with van der Waals surface area (Å²) in [6.07, 6.45) is 6.11. The normalized spacial score (nSPS) is 21.6. The number of carbonyl (C=O) groups is 2. The predicted octanol–water partition coefficient (Wildman–Crippen LogP) is 3.94. The Hall–Kier alpha value is -2.33. The average molecular weight is 508 g/mol. The molecule has 0 aliphatic carbocycles. The Bertz CT molecular complexity index is 996. The van der Waals surface area contributed by atoms with Crippen molar-refractivity contribution in [3.05, 3.63) is 16.9 Å². The van der Waals surface area contributed by atoms with Crippen molar-refractivity contribution in [1.82, 2.24) is 15.3 Å². The van der Waals surface area contributed by atoms with Gasteiger partial charge in [0.2, 0.25) is 0 Å². The van der Waals surface area contributed by atoms with Crippen LogP contribution in [0.1, 0.15) is 46.5 Å². The minimum atomic E-state index is -0.542. The van der Waals surface area contributed by atoms with Crippen LogP contribution in [0.5, 0.6) is 0 Å². The smallest absolute Gasteiger partial charge is 0.407 e. The summed E-state index contributed by atoms with van der Waals surface area (Å²) in [5.41, 5.74) is 1.76. The zero-order chi connectivity index (χ0) is 22.9.